The van der Waals surface area contributed by atoms with E-state index in [9.17, 15) is 13.6 Å². The number of para-hydroxylation sites is 1. The van der Waals surface area contributed by atoms with Crippen LogP contribution in [-0.4, -0.2) is 5.91 Å². The largest absolute Gasteiger partial charge is 0.320 e. The summed E-state index contributed by atoms with van der Waals surface area (Å²) in [6.07, 6.45) is 0.180. The summed E-state index contributed by atoms with van der Waals surface area (Å²) in [5.74, 6) is -3.50. The summed E-state index contributed by atoms with van der Waals surface area (Å²) in [4.78, 5) is 12.0. The molecule has 1 atom stereocenters. The third-order valence-electron chi connectivity index (χ3n) is 2.97. The topological polar surface area (TPSA) is 52.9 Å². The van der Waals surface area contributed by atoms with Gasteiger partial charge in [-0.3, -0.25) is 4.79 Å². The van der Waals surface area contributed by atoms with E-state index in [1.165, 1.54) is 6.07 Å². The SMILES string of the molecule is N#CC(Cc1ccccc1)C(=O)Nc1c(F)cccc1F. The first-order chi connectivity index (χ1) is 10.1. The minimum absolute atomic E-state index is 0.180. The van der Waals surface area contributed by atoms with E-state index in [0.717, 1.165) is 17.7 Å². The molecule has 2 rings (SSSR count). The van der Waals surface area contributed by atoms with Crippen molar-refractivity contribution in [2.75, 3.05) is 5.32 Å². The van der Waals surface area contributed by atoms with Crippen molar-refractivity contribution >= 4 is 11.6 Å². The Morgan fingerprint density at radius 1 is 1.10 bits per heavy atom. The lowest BCUT2D eigenvalue weighted by molar-refractivity contribution is -0.118. The Morgan fingerprint density at radius 2 is 1.71 bits per heavy atom. The predicted molar refractivity (Wildman–Crippen MR) is 74.2 cm³/mol. The van der Waals surface area contributed by atoms with Crippen LogP contribution in [0.3, 0.4) is 0 Å². The van der Waals surface area contributed by atoms with Gasteiger partial charge in [0.1, 0.15) is 23.2 Å². The van der Waals surface area contributed by atoms with Gasteiger partial charge >= 0.3 is 0 Å². The lowest BCUT2D eigenvalue weighted by atomic mass is 10.00. The lowest BCUT2D eigenvalue weighted by Gasteiger charge is -2.11. The second-order valence-corrected chi connectivity index (χ2v) is 4.46. The molecule has 0 aliphatic rings. The van der Waals surface area contributed by atoms with E-state index in [0.29, 0.717) is 0 Å². The molecule has 0 spiro atoms. The third-order valence-corrected chi connectivity index (χ3v) is 2.97. The van der Waals surface area contributed by atoms with Crippen LogP contribution in [0.25, 0.3) is 0 Å². The number of carbonyl (C=O) groups is 1. The van der Waals surface area contributed by atoms with Crippen LogP contribution in [0, 0.1) is 28.9 Å². The summed E-state index contributed by atoms with van der Waals surface area (Å²) in [5, 5.41) is 11.2. The Labute approximate surface area is 120 Å². The smallest absolute Gasteiger partial charge is 0.242 e. The van der Waals surface area contributed by atoms with Crippen LogP contribution in [0.4, 0.5) is 14.5 Å². The number of carbonyl (C=O) groups excluding carboxylic acids is 1. The molecule has 0 bridgehead atoms. The average Bonchev–Trinajstić information content (AvgIpc) is 2.49. The quantitative estimate of drug-likeness (QED) is 0.937. The molecule has 0 radical (unpaired) electrons. The van der Waals surface area contributed by atoms with Gasteiger partial charge in [-0.25, -0.2) is 8.78 Å². The van der Waals surface area contributed by atoms with Gasteiger partial charge < -0.3 is 5.32 Å². The Hall–Kier alpha value is -2.74. The maximum atomic E-state index is 13.5. The molecule has 3 nitrogen and oxygen atoms in total. The molecule has 21 heavy (non-hydrogen) atoms. The Balaban J connectivity index is 2.13. The minimum Gasteiger partial charge on any atom is -0.320 e. The van der Waals surface area contributed by atoms with Crippen molar-refractivity contribution in [3.05, 3.63) is 65.7 Å². The minimum atomic E-state index is -1.02. The van der Waals surface area contributed by atoms with Crippen molar-refractivity contribution < 1.29 is 13.6 Å². The summed E-state index contributed by atoms with van der Waals surface area (Å²) in [6.45, 7) is 0. The van der Waals surface area contributed by atoms with E-state index in [-0.39, 0.29) is 6.42 Å². The molecule has 0 saturated carbocycles. The molecule has 106 valence electrons. The summed E-state index contributed by atoms with van der Waals surface area (Å²) in [6, 6.07) is 14.1. The first-order valence-electron chi connectivity index (χ1n) is 6.30. The number of nitriles is 1. The zero-order valence-corrected chi connectivity index (χ0v) is 11.0. The van der Waals surface area contributed by atoms with Gasteiger partial charge in [-0.1, -0.05) is 36.4 Å². The summed E-state index contributed by atoms with van der Waals surface area (Å²) >= 11 is 0. The second kappa shape index (κ2) is 6.62. The zero-order chi connectivity index (χ0) is 15.2. The zero-order valence-electron chi connectivity index (χ0n) is 11.0. The predicted octanol–water partition coefficient (Wildman–Crippen LogP) is 3.29. The van der Waals surface area contributed by atoms with Crippen molar-refractivity contribution in [1.29, 1.82) is 5.26 Å². The van der Waals surface area contributed by atoms with Gasteiger partial charge in [0, 0.05) is 0 Å². The van der Waals surface area contributed by atoms with Crippen LogP contribution in [0.2, 0.25) is 0 Å². The van der Waals surface area contributed by atoms with Gasteiger partial charge in [-0.15, -0.1) is 0 Å². The molecule has 5 heteroatoms. The van der Waals surface area contributed by atoms with E-state index in [1.54, 1.807) is 24.3 Å². The number of amides is 1. The van der Waals surface area contributed by atoms with E-state index in [1.807, 2.05) is 12.1 Å². The van der Waals surface area contributed by atoms with Crippen LogP contribution in [0.5, 0.6) is 0 Å². The number of hydrogen-bond acceptors (Lipinski definition) is 2. The van der Waals surface area contributed by atoms with Crippen LogP contribution in [-0.2, 0) is 11.2 Å². The van der Waals surface area contributed by atoms with E-state index in [4.69, 9.17) is 5.26 Å². The lowest BCUT2D eigenvalue weighted by Crippen LogP contribution is -2.24. The molecule has 0 aliphatic carbocycles. The van der Waals surface area contributed by atoms with Crippen molar-refractivity contribution in [2.45, 2.75) is 6.42 Å². The molecule has 1 N–H and O–H groups in total. The molecule has 0 heterocycles. The average molecular weight is 286 g/mol. The van der Waals surface area contributed by atoms with Crippen LogP contribution >= 0.6 is 0 Å². The second-order valence-electron chi connectivity index (χ2n) is 4.46. The molecular formula is C16H12F2N2O. The number of nitrogens with one attached hydrogen (secondary N) is 1. The fraction of sp³-hybridized carbons (Fsp3) is 0.125. The van der Waals surface area contributed by atoms with Crippen molar-refractivity contribution in [3.63, 3.8) is 0 Å². The molecule has 0 aromatic heterocycles. The fourth-order valence-corrected chi connectivity index (χ4v) is 1.87. The molecule has 1 unspecified atom stereocenters. The molecular weight excluding hydrogens is 274 g/mol. The number of benzene rings is 2. The molecule has 0 aliphatic heterocycles. The van der Waals surface area contributed by atoms with E-state index in [2.05, 4.69) is 5.32 Å². The van der Waals surface area contributed by atoms with Gasteiger partial charge in [0.25, 0.3) is 0 Å². The van der Waals surface area contributed by atoms with Crippen molar-refractivity contribution in [1.82, 2.24) is 0 Å². The van der Waals surface area contributed by atoms with Crippen LogP contribution in [0.1, 0.15) is 5.56 Å². The maximum Gasteiger partial charge on any atom is 0.242 e. The highest BCUT2D eigenvalue weighted by Gasteiger charge is 2.21. The normalized spacial score (nSPS) is 11.5. The van der Waals surface area contributed by atoms with Crippen molar-refractivity contribution in [3.8, 4) is 6.07 Å². The van der Waals surface area contributed by atoms with Crippen molar-refractivity contribution in [2.24, 2.45) is 5.92 Å². The van der Waals surface area contributed by atoms with E-state index < -0.39 is 29.1 Å². The summed E-state index contributed by atoms with van der Waals surface area (Å²) < 4.78 is 26.9. The Morgan fingerprint density at radius 3 is 2.29 bits per heavy atom. The summed E-state index contributed by atoms with van der Waals surface area (Å²) in [7, 11) is 0. The highest BCUT2D eigenvalue weighted by atomic mass is 19.1. The highest BCUT2D eigenvalue weighted by molar-refractivity contribution is 5.94. The number of halogens is 2. The van der Waals surface area contributed by atoms with Crippen LogP contribution in [0.15, 0.2) is 48.5 Å². The van der Waals surface area contributed by atoms with Crippen LogP contribution < -0.4 is 5.32 Å². The first kappa shape index (κ1) is 14.7. The molecule has 1 amide bonds. The maximum absolute atomic E-state index is 13.5. The van der Waals surface area contributed by atoms with Gasteiger partial charge in [-0.05, 0) is 24.1 Å². The molecule has 0 fully saturated rings. The first-order valence-corrected chi connectivity index (χ1v) is 6.30. The molecule has 0 saturated heterocycles. The number of hydrogen-bond donors (Lipinski definition) is 1. The monoisotopic (exact) mass is 286 g/mol. The van der Waals surface area contributed by atoms with Gasteiger partial charge in [0.05, 0.1) is 6.07 Å². The Kier molecular flexibility index (Phi) is 4.62. The number of anilines is 1. The molecule has 2 aromatic rings. The van der Waals surface area contributed by atoms with Gasteiger partial charge in [-0.2, -0.15) is 5.26 Å². The highest BCUT2D eigenvalue weighted by Crippen LogP contribution is 2.19. The molecule has 2 aromatic carbocycles. The fourth-order valence-electron chi connectivity index (χ4n) is 1.87. The standard InChI is InChI=1S/C16H12F2N2O/c17-13-7-4-8-14(18)15(13)20-16(21)12(10-19)9-11-5-2-1-3-6-11/h1-8,12H,9H2,(H,20,21). The number of nitrogens with zero attached hydrogens (tertiary/aromatic N) is 1. The number of rotatable bonds is 4. The van der Waals surface area contributed by atoms with E-state index >= 15 is 0 Å². The van der Waals surface area contributed by atoms with Gasteiger partial charge in [0.15, 0.2) is 0 Å². The Bertz CT molecular complexity index is 660. The third kappa shape index (κ3) is 3.63. The van der Waals surface area contributed by atoms with Gasteiger partial charge in [0.2, 0.25) is 5.91 Å². The summed E-state index contributed by atoms with van der Waals surface area (Å²) in [5.41, 5.74) is 0.268.